The highest BCUT2D eigenvalue weighted by Crippen LogP contribution is 2.16. The molecule has 18 heavy (non-hydrogen) atoms. The van der Waals surface area contributed by atoms with Crippen molar-refractivity contribution >= 4 is 16.5 Å². The van der Waals surface area contributed by atoms with Gasteiger partial charge in [0.1, 0.15) is 10.8 Å². The molecule has 96 valence electrons. The predicted octanol–water partition coefficient (Wildman–Crippen LogP) is 1.76. The zero-order valence-electron chi connectivity index (χ0n) is 10.5. The van der Waals surface area contributed by atoms with Crippen LogP contribution in [0.25, 0.3) is 0 Å². The number of benzene rings is 1. The summed E-state index contributed by atoms with van der Waals surface area (Å²) in [5, 5.41) is 9.26. The van der Waals surface area contributed by atoms with Crippen LogP contribution in [-0.4, -0.2) is 29.3 Å². The molecule has 0 fully saturated rings. The minimum absolute atomic E-state index is 0.517. The number of anilines is 1. The molecule has 0 bridgehead atoms. The molecule has 2 aromatic rings. The van der Waals surface area contributed by atoms with Crippen LogP contribution >= 0.6 is 11.3 Å². The van der Waals surface area contributed by atoms with E-state index in [-0.39, 0.29) is 0 Å². The molecule has 0 saturated carbocycles. The number of methoxy groups -OCH3 is 1. The molecular formula is C12H16N4OS. The number of rotatable bonds is 5. The first-order valence-electron chi connectivity index (χ1n) is 5.56. The average Bonchev–Trinajstić information content (AvgIpc) is 2.75. The Balaban J connectivity index is 1.91. The lowest BCUT2D eigenvalue weighted by Gasteiger charge is -2.14. The molecule has 5 nitrogen and oxygen atoms in total. The van der Waals surface area contributed by atoms with Crippen molar-refractivity contribution in [3.8, 4) is 5.75 Å². The minimum atomic E-state index is 0.517. The zero-order valence-corrected chi connectivity index (χ0v) is 11.3. The molecule has 2 N–H and O–H groups in total. The van der Waals surface area contributed by atoms with Crippen molar-refractivity contribution in [2.45, 2.75) is 13.1 Å². The van der Waals surface area contributed by atoms with Gasteiger partial charge in [0.05, 0.1) is 13.7 Å². The summed E-state index contributed by atoms with van der Waals surface area (Å²) in [5.41, 5.74) is 6.78. The van der Waals surface area contributed by atoms with Crippen molar-refractivity contribution in [3.05, 3.63) is 34.8 Å². The average molecular weight is 264 g/mol. The maximum atomic E-state index is 5.55. The molecule has 1 aromatic heterocycles. The minimum Gasteiger partial charge on any atom is -0.497 e. The second kappa shape index (κ2) is 5.79. The molecule has 0 radical (unpaired) electrons. The number of nitrogens with two attached hydrogens (primary N) is 1. The molecule has 1 aromatic carbocycles. The fourth-order valence-corrected chi connectivity index (χ4v) is 2.35. The van der Waals surface area contributed by atoms with Gasteiger partial charge in [0.25, 0.3) is 0 Å². The van der Waals surface area contributed by atoms with Crippen LogP contribution in [0.1, 0.15) is 10.6 Å². The molecule has 0 unspecified atom stereocenters. The SMILES string of the molecule is COc1ccc(CN(C)Cc2nnc(N)s2)cc1. The third-order valence-electron chi connectivity index (χ3n) is 2.50. The van der Waals surface area contributed by atoms with Gasteiger partial charge in [-0.05, 0) is 24.7 Å². The van der Waals surface area contributed by atoms with E-state index in [1.807, 2.05) is 19.2 Å². The normalized spacial score (nSPS) is 10.8. The summed E-state index contributed by atoms with van der Waals surface area (Å²) in [7, 11) is 3.71. The van der Waals surface area contributed by atoms with Crippen LogP contribution in [0.4, 0.5) is 5.13 Å². The summed E-state index contributed by atoms with van der Waals surface area (Å²) in [5.74, 6) is 0.873. The molecular weight excluding hydrogens is 248 g/mol. The quantitative estimate of drug-likeness (QED) is 0.891. The highest BCUT2D eigenvalue weighted by molar-refractivity contribution is 7.15. The van der Waals surface area contributed by atoms with E-state index in [1.165, 1.54) is 16.9 Å². The zero-order chi connectivity index (χ0) is 13.0. The number of hydrogen-bond donors (Lipinski definition) is 1. The molecule has 0 amide bonds. The van der Waals surface area contributed by atoms with Gasteiger partial charge in [-0.1, -0.05) is 23.5 Å². The number of nitrogens with zero attached hydrogens (tertiary/aromatic N) is 3. The Kier molecular flexibility index (Phi) is 4.11. The van der Waals surface area contributed by atoms with E-state index in [4.69, 9.17) is 10.5 Å². The van der Waals surface area contributed by atoms with E-state index >= 15 is 0 Å². The Morgan fingerprint density at radius 1 is 1.22 bits per heavy atom. The van der Waals surface area contributed by atoms with Crippen molar-refractivity contribution < 1.29 is 4.74 Å². The number of nitrogen functional groups attached to an aromatic ring is 1. The number of hydrogen-bond acceptors (Lipinski definition) is 6. The largest absolute Gasteiger partial charge is 0.497 e. The lowest BCUT2D eigenvalue weighted by molar-refractivity contribution is 0.317. The summed E-state index contributed by atoms with van der Waals surface area (Å²) in [6.45, 7) is 1.60. The van der Waals surface area contributed by atoms with Gasteiger partial charge < -0.3 is 10.5 Å². The molecule has 0 aliphatic carbocycles. The van der Waals surface area contributed by atoms with Crippen molar-refractivity contribution in [1.29, 1.82) is 0 Å². The topological polar surface area (TPSA) is 64.3 Å². The van der Waals surface area contributed by atoms with Crippen LogP contribution in [0, 0.1) is 0 Å². The molecule has 0 aliphatic rings. The Bertz CT molecular complexity index is 497. The highest BCUT2D eigenvalue weighted by Gasteiger charge is 2.06. The first-order valence-corrected chi connectivity index (χ1v) is 6.38. The molecule has 0 spiro atoms. The summed E-state index contributed by atoms with van der Waals surface area (Å²) >= 11 is 1.43. The lowest BCUT2D eigenvalue weighted by Crippen LogP contribution is -2.17. The Labute approximate surface area is 110 Å². The van der Waals surface area contributed by atoms with Gasteiger partial charge in [0.2, 0.25) is 5.13 Å². The summed E-state index contributed by atoms with van der Waals surface area (Å²) < 4.78 is 5.13. The van der Waals surface area contributed by atoms with E-state index in [0.717, 1.165) is 23.8 Å². The molecule has 1 heterocycles. The second-order valence-corrected chi connectivity index (χ2v) is 5.15. The monoisotopic (exact) mass is 264 g/mol. The van der Waals surface area contributed by atoms with Gasteiger partial charge in [-0.2, -0.15) is 0 Å². The second-order valence-electron chi connectivity index (χ2n) is 4.05. The van der Waals surface area contributed by atoms with Crippen molar-refractivity contribution in [1.82, 2.24) is 15.1 Å². The molecule has 0 saturated heterocycles. The number of aromatic nitrogens is 2. The maximum absolute atomic E-state index is 5.55. The lowest BCUT2D eigenvalue weighted by atomic mass is 10.2. The van der Waals surface area contributed by atoms with Crippen molar-refractivity contribution in [2.24, 2.45) is 0 Å². The van der Waals surface area contributed by atoms with Crippen LogP contribution in [-0.2, 0) is 13.1 Å². The van der Waals surface area contributed by atoms with Crippen LogP contribution < -0.4 is 10.5 Å². The first kappa shape index (κ1) is 12.8. The van der Waals surface area contributed by atoms with Gasteiger partial charge in [0, 0.05) is 6.54 Å². The van der Waals surface area contributed by atoms with E-state index in [1.54, 1.807) is 7.11 Å². The predicted molar refractivity (Wildman–Crippen MR) is 72.5 cm³/mol. The first-order chi connectivity index (χ1) is 8.67. The van der Waals surface area contributed by atoms with Crippen molar-refractivity contribution in [3.63, 3.8) is 0 Å². The molecule has 6 heteroatoms. The molecule has 0 aliphatic heterocycles. The standard InChI is InChI=1S/C12H16N4OS/c1-16(8-11-14-15-12(13)18-11)7-9-3-5-10(17-2)6-4-9/h3-6H,7-8H2,1-2H3,(H2,13,15). The van der Waals surface area contributed by atoms with Gasteiger partial charge in [0.15, 0.2) is 0 Å². The van der Waals surface area contributed by atoms with Gasteiger partial charge >= 0.3 is 0 Å². The van der Waals surface area contributed by atoms with Gasteiger partial charge in [-0.25, -0.2) is 0 Å². The Morgan fingerprint density at radius 3 is 2.50 bits per heavy atom. The summed E-state index contributed by atoms with van der Waals surface area (Å²) in [4.78, 5) is 2.17. The van der Waals surface area contributed by atoms with Gasteiger partial charge in [-0.3, -0.25) is 4.90 Å². The summed E-state index contributed by atoms with van der Waals surface area (Å²) in [6, 6.07) is 8.05. The molecule has 0 atom stereocenters. The van der Waals surface area contributed by atoms with Gasteiger partial charge in [-0.15, -0.1) is 10.2 Å². The highest BCUT2D eigenvalue weighted by atomic mass is 32.1. The van der Waals surface area contributed by atoms with E-state index in [0.29, 0.717) is 5.13 Å². The molecule has 2 rings (SSSR count). The van der Waals surface area contributed by atoms with E-state index < -0.39 is 0 Å². The Morgan fingerprint density at radius 2 is 1.94 bits per heavy atom. The van der Waals surface area contributed by atoms with Crippen LogP contribution in [0.5, 0.6) is 5.75 Å². The van der Waals surface area contributed by atoms with E-state index in [9.17, 15) is 0 Å². The number of ether oxygens (including phenoxy) is 1. The van der Waals surface area contributed by atoms with Crippen molar-refractivity contribution in [2.75, 3.05) is 19.9 Å². The van der Waals surface area contributed by atoms with E-state index in [2.05, 4.69) is 27.2 Å². The fourth-order valence-electron chi connectivity index (χ4n) is 1.66. The summed E-state index contributed by atoms with van der Waals surface area (Å²) in [6.07, 6.45) is 0. The van der Waals surface area contributed by atoms with Crippen LogP contribution in [0.3, 0.4) is 0 Å². The Hall–Kier alpha value is -1.66. The third kappa shape index (κ3) is 3.41. The maximum Gasteiger partial charge on any atom is 0.203 e. The van der Waals surface area contributed by atoms with Crippen LogP contribution in [0.15, 0.2) is 24.3 Å². The fraction of sp³-hybridized carbons (Fsp3) is 0.333. The smallest absolute Gasteiger partial charge is 0.203 e. The third-order valence-corrected chi connectivity index (χ3v) is 3.24. The van der Waals surface area contributed by atoms with Crippen LogP contribution in [0.2, 0.25) is 0 Å².